The first-order chi connectivity index (χ1) is 12.4. The van der Waals surface area contributed by atoms with E-state index >= 15 is 0 Å². The summed E-state index contributed by atoms with van der Waals surface area (Å²) < 4.78 is 0. The van der Waals surface area contributed by atoms with Crippen LogP contribution in [0.5, 0.6) is 0 Å². The van der Waals surface area contributed by atoms with Gasteiger partial charge in [0.2, 0.25) is 5.95 Å². The second-order valence-corrected chi connectivity index (χ2v) is 7.33. The van der Waals surface area contributed by atoms with Gasteiger partial charge in [-0.05, 0) is 49.0 Å². The van der Waals surface area contributed by atoms with Crippen LogP contribution in [0.1, 0.15) is 17.7 Å². The molecule has 25 heavy (non-hydrogen) atoms. The van der Waals surface area contributed by atoms with Crippen LogP contribution >= 0.6 is 11.3 Å². The highest BCUT2D eigenvalue weighted by Crippen LogP contribution is 2.20. The Kier molecular flexibility index (Phi) is 4.99. The maximum absolute atomic E-state index is 4.67. The minimum Gasteiger partial charge on any atom is -0.350 e. The summed E-state index contributed by atoms with van der Waals surface area (Å²) in [5, 5.41) is 5.67. The third-order valence-corrected chi connectivity index (χ3v) is 5.29. The molecule has 0 spiro atoms. The highest BCUT2D eigenvalue weighted by molar-refractivity contribution is 7.09. The standard InChI is InChI=1S/C19H21N5S/c1-3-16(13-24(11-1)14-17-4-2-12-25-17)22-19-21-10-7-18(23-19)15-5-8-20-9-6-15/h2,4-10,12,16H,1,3,11,13-14H2,(H,21,22,23)/t16-/m0/s1. The fraction of sp³-hybridized carbons (Fsp3) is 0.316. The molecule has 3 aromatic heterocycles. The van der Waals surface area contributed by atoms with Crippen molar-refractivity contribution in [3.63, 3.8) is 0 Å². The van der Waals surface area contributed by atoms with E-state index in [0.717, 1.165) is 37.3 Å². The predicted molar refractivity (Wildman–Crippen MR) is 102 cm³/mol. The van der Waals surface area contributed by atoms with E-state index in [4.69, 9.17) is 0 Å². The minimum absolute atomic E-state index is 0.390. The van der Waals surface area contributed by atoms with Gasteiger partial charge in [0.15, 0.2) is 0 Å². The predicted octanol–water partition coefficient (Wildman–Crippen LogP) is 3.68. The molecule has 6 heteroatoms. The molecule has 1 aliphatic heterocycles. The van der Waals surface area contributed by atoms with Gasteiger partial charge in [-0.2, -0.15) is 0 Å². The van der Waals surface area contributed by atoms with Gasteiger partial charge in [-0.15, -0.1) is 11.3 Å². The number of aromatic nitrogens is 3. The van der Waals surface area contributed by atoms with Crippen molar-refractivity contribution in [3.05, 3.63) is 59.2 Å². The summed E-state index contributed by atoms with van der Waals surface area (Å²) >= 11 is 1.83. The number of anilines is 1. The summed E-state index contributed by atoms with van der Waals surface area (Å²) in [5.41, 5.74) is 1.98. The lowest BCUT2D eigenvalue weighted by Gasteiger charge is -2.32. The van der Waals surface area contributed by atoms with Crippen LogP contribution in [-0.2, 0) is 6.54 Å². The highest BCUT2D eigenvalue weighted by Gasteiger charge is 2.20. The summed E-state index contributed by atoms with van der Waals surface area (Å²) in [6.07, 6.45) is 7.75. The number of piperidine rings is 1. The number of hydrogen-bond acceptors (Lipinski definition) is 6. The highest BCUT2D eigenvalue weighted by atomic mass is 32.1. The van der Waals surface area contributed by atoms with Crippen LogP contribution in [-0.4, -0.2) is 39.0 Å². The smallest absolute Gasteiger partial charge is 0.223 e. The number of rotatable bonds is 5. The van der Waals surface area contributed by atoms with Crippen LogP contribution in [0, 0.1) is 0 Å². The number of nitrogens with zero attached hydrogens (tertiary/aromatic N) is 4. The molecular weight excluding hydrogens is 330 g/mol. The molecule has 128 valence electrons. The molecule has 1 saturated heterocycles. The monoisotopic (exact) mass is 351 g/mol. The SMILES string of the molecule is c1csc(CN2CCC[C@H](Nc3nccc(-c4ccncc4)n3)C2)c1. The molecule has 3 aromatic rings. The first-order valence-corrected chi connectivity index (χ1v) is 9.49. The summed E-state index contributed by atoms with van der Waals surface area (Å²) in [6.45, 7) is 3.22. The van der Waals surface area contributed by atoms with Crippen LogP contribution in [0.3, 0.4) is 0 Å². The van der Waals surface area contributed by atoms with Crippen molar-refractivity contribution < 1.29 is 0 Å². The molecule has 0 amide bonds. The van der Waals surface area contributed by atoms with Crippen LogP contribution in [0.15, 0.2) is 54.3 Å². The van der Waals surface area contributed by atoms with E-state index < -0.39 is 0 Å². The lowest BCUT2D eigenvalue weighted by molar-refractivity contribution is 0.210. The van der Waals surface area contributed by atoms with E-state index in [1.165, 1.54) is 11.3 Å². The van der Waals surface area contributed by atoms with Crippen molar-refractivity contribution >= 4 is 17.3 Å². The molecule has 0 aromatic carbocycles. The molecule has 1 N–H and O–H groups in total. The summed E-state index contributed by atoms with van der Waals surface area (Å²) in [7, 11) is 0. The molecule has 1 fully saturated rings. The molecular formula is C19H21N5S. The first kappa shape index (κ1) is 16.2. The van der Waals surface area contributed by atoms with E-state index in [0.29, 0.717) is 12.0 Å². The zero-order valence-electron chi connectivity index (χ0n) is 14.0. The molecule has 0 unspecified atom stereocenters. The van der Waals surface area contributed by atoms with Crippen LogP contribution in [0.25, 0.3) is 11.3 Å². The van der Waals surface area contributed by atoms with E-state index in [-0.39, 0.29) is 0 Å². The van der Waals surface area contributed by atoms with Gasteiger partial charge in [0.05, 0.1) is 5.69 Å². The van der Waals surface area contributed by atoms with E-state index in [2.05, 4.69) is 42.7 Å². The Hall–Kier alpha value is -2.31. The fourth-order valence-electron chi connectivity index (χ4n) is 3.23. The van der Waals surface area contributed by atoms with Gasteiger partial charge in [0.25, 0.3) is 0 Å². The number of likely N-dealkylation sites (tertiary alicyclic amines) is 1. The topological polar surface area (TPSA) is 53.9 Å². The zero-order valence-corrected chi connectivity index (χ0v) is 14.8. The minimum atomic E-state index is 0.390. The lowest BCUT2D eigenvalue weighted by Crippen LogP contribution is -2.41. The van der Waals surface area contributed by atoms with Crippen molar-refractivity contribution in [2.75, 3.05) is 18.4 Å². The number of pyridine rings is 1. The maximum atomic E-state index is 4.67. The summed E-state index contributed by atoms with van der Waals surface area (Å²) in [5.74, 6) is 0.706. The molecule has 1 aliphatic rings. The van der Waals surface area contributed by atoms with Crippen molar-refractivity contribution in [3.8, 4) is 11.3 Å². The van der Waals surface area contributed by atoms with Gasteiger partial charge < -0.3 is 5.32 Å². The fourth-order valence-corrected chi connectivity index (χ4v) is 3.98. The Morgan fingerprint density at radius 2 is 2.08 bits per heavy atom. The van der Waals surface area contributed by atoms with Crippen LogP contribution in [0.4, 0.5) is 5.95 Å². The van der Waals surface area contributed by atoms with E-state index in [9.17, 15) is 0 Å². The Morgan fingerprint density at radius 1 is 1.16 bits per heavy atom. The van der Waals surface area contributed by atoms with Crippen molar-refractivity contribution in [1.29, 1.82) is 0 Å². The number of hydrogen-bond donors (Lipinski definition) is 1. The summed E-state index contributed by atoms with van der Waals surface area (Å²) in [4.78, 5) is 17.1. The van der Waals surface area contributed by atoms with Gasteiger partial charge in [0, 0.05) is 48.2 Å². The van der Waals surface area contributed by atoms with E-state index in [1.54, 1.807) is 12.4 Å². The molecule has 5 nitrogen and oxygen atoms in total. The molecule has 0 radical (unpaired) electrons. The second kappa shape index (κ2) is 7.72. The van der Waals surface area contributed by atoms with Crippen molar-refractivity contribution in [1.82, 2.24) is 19.9 Å². The van der Waals surface area contributed by atoms with Crippen LogP contribution < -0.4 is 5.32 Å². The number of nitrogens with one attached hydrogen (secondary N) is 1. The third-order valence-electron chi connectivity index (χ3n) is 4.43. The van der Waals surface area contributed by atoms with Gasteiger partial charge in [-0.3, -0.25) is 9.88 Å². The molecule has 4 rings (SSSR count). The Balaban J connectivity index is 1.41. The average Bonchev–Trinajstić information content (AvgIpc) is 3.16. The third kappa shape index (κ3) is 4.21. The molecule has 0 saturated carbocycles. The van der Waals surface area contributed by atoms with Gasteiger partial charge in [-0.1, -0.05) is 6.07 Å². The van der Waals surface area contributed by atoms with Crippen molar-refractivity contribution in [2.24, 2.45) is 0 Å². The van der Waals surface area contributed by atoms with Gasteiger partial charge in [0.1, 0.15) is 0 Å². The summed E-state index contributed by atoms with van der Waals surface area (Å²) in [6, 6.07) is 10.6. The molecule has 0 bridgehead atoms. The maximum Gasteiger partial charge on any atom is 0.223 e. The second-order valence-electron chi connectivity index (χ2n) is 6.30. The molecule has 4 heterocycles. The zero-order chi connectivity index (χ0) is 16.9. The largest absolute Gasteiger partial charge is 0.350 e. The first-order valence-electron chi connectivity index (χ1n) is 8.61. The average molecular weight is 351 g/mol. The quantitative estimate of drug-likeness (QED) is 0.760. The van der Waals surface area contributed by atoms with E-state index in [1.807, 2.05) is 35.7 Å². The Morgan fingerprint density at radius 3 is 2.92 bits per heavy atom. The normalized spacial score (nSPS) is 18.2. The van der Waals surface area contributed by atoms with Gasteiger partial charge in [-0.25, -0.2) is 9.97 Å². The molecule has 1 atom stereocenters. The Bertz CT molecular complexity index is 791. The molecule has 0 aliphatic carbocycles. The number of thiophene rings is 1. The van der Waals surface area contributed by atoms with Crippen molar-refractivity contribution in [2.45, 2.75) is 25.4 Å². The Labute approximate surface area is 151 Å². The van der Waals surface area contributed by atoms with Gasteiger partial charge >= 0.3 is 0 Å². The van der Waals surface area contributed by atoms with Crippen LogP contribution in [0.2, 0.25) is 0 Å². The lowest BCUT2D eigenvalue weighted by atomic mass is 10.1.